The van der Waals surface area contributed by atoms with Crippen LogP contribution in [0, 0.1) is 0 Å². The molecule has 4 aromatic rings. The quantitative estimate of drug-likeness (QED) is 0.145. The van der Waals surface area contributed by atoms with Gasteiger partial charge in [0.15, 0.2) is 11.5 Å². The number of carboxylic acid groups (broad SMARTS) is 1. The van der Waals surface area contributed by atoms with Crippen LogP contribution in [-0.2, 0) is 17.8 Å². The maximum absolute atomic E-state index is 14.2. The van der Waals surface area contributed by atoms with E-state index < -0.39 is 5.97 Å². The largest absolute Gasteiger partial charge is 0.493 e. The number of hydrogen-bond donors (Lipinski definition) is 1. The summed E-state index contributed by atoms with van der Waals surface area (Å²) in [6.07, 6.45) is 2.04. The van der Waals surface area contributed by atoms with Crippen LogP contribution in [0.5, 0.6) is 11.5 Å². The summed E-state index contributed by atoms with van der Waals surface area (Å²) in [5.74, 6) is -0.260. The van der Waals surface area contributed by atoms with E-state index in [0.717, 1.165) is 24.0 Å². The number of carbonyl (C=O) groups is 3. The van der Waals surface area contributed by atoms with Crippen molar-refractivity contribution >= 4 is 17.8 Å². The van der Waals surface area contributed by atoms with E-state index in [4.69, 9.17) is 9.47 Å². The van der Waals surface area contributed by atoms with Crippen LogP contribution in [0.2, 0.25) is 0 Å². The smallest absolute Gasteiger partial charge is 0.305 e. The van der Waals surface area contributed by atoms with Crippen LogP contribution in [0.15, 0.2) is 97.1 Å². The SMILES string of the molecule is CCCCN(Cc1ccccc1)C(=O)c1ccccc1-c1ccccc1C(=O)N(CCC(=O)O)CCc1cccc(OC)c1OC. The molecule has 4 aromatic carbocycles. The maximum Gasteiger partial charge on any atom is 0.305 e. The molecule has 0 saturated heterocycles. The van der Waals surface area contributed by atoms with E-state index >= 15 is 0 Å². The van der Waals surface area contributed by atoms with Gasteiger partial charge in [-0.25, -0.2) is 0 Å². The topological polar surface area (TPSA) is 96.4 Å². The van der Waals surface area contributed by atoms with Gasteiger partial charge in [0.25, 0.3) is 11.8 Å². The molecule has 0 aliphatic heterocycles. The lowest BCUT2D eigenvalue weighted by Gasteiger charge is -2.26. The molecule has 8 heteroatoms. The van der Waals surface area contributed by atoms with Crippen LogP contribution >= 0.6 is 0 Å². The Morgan fingerprint density at radius 2 is 1.28 bits per heavy atom. The second-order valence-electron chi connectivity index (χ2n) is 11.0. The fourth-order valence-corrected chi connectivity index (χ4v) is 5.51. The molecule has 0 atom stereocenters. The molecule has 1 N–H and O–H groups in total. The van der Waals surface area contributed by atoms with E-state index in [1.165, 1.54) is 0 Å². The van der Waals surface area contributed by atoms with Gasteiger partial charge in [-0.2, -0.15) is 0 Å². The predicted molar refractivity (Wildman–Crippen MR) is 179 cm³/mol. The lowest BCUT2D eigenvalue weighted by atomic mass is 9.93. The Kier molecular flexibility index (Phi) is 12.4. The zero-order valence-corrected chi connectivity index (χ0v) is 26.8. The molecular weight excluding hydrogens is 580 g/mol. The van der Waals surface area contributed by atoms with Crippen molar-refractivity contribution in [1.29, 1.82) is 0 Å². The second-order valence-corrected chi connectivity index (χ2v) is 11.0. The molecule has 0 heterocycles. The van der Waals surface area contributed by atoms with Gasteiger partial charge in [-0.3, -0.25) is 14.4 Å². The number of carbonyl (C=O) groups excluding carboxylic acids is 2. The second kappa shape index (κ2) is 16.8. The van der Waals surface area contributed by atoms with Gasteiger partial charge in [0, 0.05) is 37.3 Å². The number of carboxylic acids is 1. The van der Waals surface area contributed by atoms with E-state index in [-0.39, 0.29) is 31.3 Å². The van der Waals surface area contributed by atoms with Crippen molar-refractivity contribution in [2.24, 2.45) is 0 Å². The summed E-state index contributed by atoms with van der Waals surface area (Å²) in [6, 6.07) is 30.0. The van der Waals surface area contributed by atoms with Gasteiger partial charge in [-0.05, 0) is 53.3 Å². The van der Waals surface area contributed by atoms with Crippen LogP contribution in [0.1, 0.15) is 58.0 Å². The van der Waals surface area contributed by atoms with Crippen molar-refractivity contribution in [3.05, 3.63) is 119 Å². The summed E-state index contributed by atoms with van der Waals surface area (Å²) in [5, 5.41) is 9.48. The third-order valence-electron chi connectivity index (χ3n) is 7.91. The highest BCUT2D eigenvalue weighted by atomic mass is 16.5. The van der Waals surface area contributed by atoms with Gasteiger partial charge in [-0.1, -0.05) is 92.2 Å². The number of benzene rings is 4. The molecule has 0 saturated carbocycles. The maximum atomic E-state index is 14.2. The van der Waals surface area contributed by atoms with Crippen LogP contribution in [-0.4, -0.2) is 66.5 Å². The lowest BCUT2D eigenvalue weighted by molar-refractivity contribution is -0.137. The summed E-state index contributed by atoms with van der Waals surface area (Å²) in [4.78, 5) is 43.4. The third-order valence-corrected chi connectivity index (χ3v) is 7.91. The first-order valence-electron chi connectivity index (χ1n) is 15.6. The zero-order chi connectivity index (χ0) is 32.9. The molecule has 0 bridgehead atoms. The van der Waals surface area contributed by atoms with Crippen molar-refractivity contribution in [2.75, 3.05) is 33.9 Å². The molecule has 4 rings (SSSR count). The van der Waals surface area contributed by atoms with Crippen molar-refractivity contribution in [1.82, 2.24) is 9.80 Å². The highest BCUT2D eigenvalue weighted by Gasteiger charge is 2.25. The molecular formula is C38H42N2O6. The first-order valence-corrected chi connectivity index (χ1v) is 15.6. The minimum atomic E-state index is -0.994. The number of nitrogens with zero attached hydrogens (tertiary/aromatic N) is 2. The van der Waals surface area contributed by atoms with Gasteiger partial charge in [-0.15, -0.1) is 0 Å². The molecule has 0 fully saturated rings. The molecule has 0 radical (unpaired) electrons. The van der Waals surface area contributed by atoms with Crippen LogP contribution in [0.4, 0.5) is 0 Å². The minimum Gasteiger partial charge on any atom is -0.493 e. The van der Waals surface area contributed by atoms with Crippen molar-refractivity contribution in [3.63, 3.8) is 0 Å². The van der Waals surface area contributed by atoms with Crippen LogP contribution < -0.4 is 9.47 Å². The molecule has 0 spiro atoms. The van der Waals surface area contributed by atoms with Crippen molar-refractivity contribution in [3.8, 4) is 22.6 Å². The molecule has 240 valence electrons. The van der Waals surface area contributed by atoms with Gasteiger partial charge < -0.3 is 24.4 Å². The Morgan fingerprint density at radius 1 is 0.674 bits per heavy atom. The fourth-order valence-electron chi connectivity index (χ4n) is 5.51. The first kappa shape index (κ1) is 33.8. The molecule has 0 aliphatic carbocycles. The summed E-state index contributed by atoms with van der Waals surface area (Å²) >= 11 is 0. The number of methoxy groups -OCH3 is 2. The van der Waals surface area contributed by atoms with Crippen molar-refractivity contribution < 1.29 is 29.0 Å². The Balaban J connectivity index is 1.68. The normalized spacial score (nSPS) is 10.7. The number of para-hydroxylation sites is 1. The fraction of sp³-hybridized carbons (Fsp3) is 0.289. The van der Waals surface area contributed by atoms with E-state index in [9.17, 15) is 19.5 Å². The predicted octanol–water partition coefficient (Wildman–Crippen LogP) is 6.97. The van der Waals surface area contributed by atoms with Crippen LogP contribution in [0.3, 0.4) is 0 Å². The Bertz CT molecular complexity index is 1620. The van der Waals surface area contributed by atoms with E-state index in [1.54, 1.807) is 43.4 Å². The Hall–Kier alpha value is -5.11. The molecule has 0 aromatic heterocycles. The summed E-state index contributed by atoms with van der Waals surface area (Å²) < 4.78 is 11.0. The molecule has 8 nitrogen and oxygen atoms in total. The lowest BCUT2D eigenvalue weighted by Crippen LogP contribution is -2.35. The molecule has 46 heavy (non-hydrogen) atoms. The third kappa shape index (κ3) is 8.53. The first-order chi connectivity index (χ1) is 22.4. The minimum absolute atomic E-state index is 0.0250. The highest BCUT2D eigenvalue weighted by molar-refractivity contribution is 6.06. The van der Waals surface area contributed by atoms with Gasteiger partial charge in [0.1, 0.15) is 0 Å². The highest BCUT2D eigenvalue weighted by Crippen LogP contribution is 2.32. The van der Waals surface area contributed by atoms with E-state index in [1.807, 2.05) is 77.7 Å². The summed E-state index contributed by atoms with van der Waals surface area (Å²) in [5.41, 5.74) is 4.05. The van der Waals surface area contributed by atoms with Crippen LogP contribution in [0.25, 0.3) is 11.1 Å². The Labute approximate surface area is 271 Å². The van der Waals surface area contributed by atoms with Gasteiger partial charge in [0.05, 0.1) is 20.6 Å². The number of aliphatic carboxylic acids is 1. The number of unbranched alkanes of at least 4 members (excludes halogenated alkanes) is 1. The Morgan fingerprint density at radius 3 is 1.87 bits per heavy atom. The molecule has 0 unspecified atom stereocenters. The molecule has 0 aliphatic rings. The van der Waals surface area contributed by atoms with Crippen molar-refractivity contribution in [2.45, 2.75) is 39.2 Å². The average Bonchev–Trinajstić information content (AvgIpc) is 3.09. The van der Waals surface area contributed by atoms with E-state index in [2.05, 4.69) is 6.92 Å². The summed E-state index contributed by atoms with van der Waals surface area (Å²) in [6.45, 7) is 3.46. The standard InChI is InChI=1S/C38H42N2O6/c1-4-5-24-40(27-28-14-7-6-8-15-28)38(44)33-20-12-10-18-31(33)30-17-9-11-19-32(30)37(43)39(26-23-35(41)42)25-22-29-16-13-21-34(45-2)36(29)46-3/h6-21H,4-5,22-27H2,1-3H3,(H,41,42). The average molecular weight is 623 g/mol. The number of hydrogen-bond acceptors (Lipinski definition) is 5. The number of ether oxygens (including phenoxy) is 2. The summed E-state index contributed by atoms with van der Waals surface area (Å²) in [7, 11) is 3.13. The number of rotatable bonds is 16. The zero-order valence-electron chi connectivity index (χ0n) is 26.8. The van der Waals surface area contributed by atoms with Gasteiger partial charge in [0.2, 0.25) is 0 Å². The monoisotopic (exact) mass is 622 g/mol. The van der Waals surface area contributed by atoms with E-state index in [0.29, 0.717) is 53.3 Å². The molecule has 2 amide bonds. The number of amides is 2. The van der Waals surface area contributed by atoms with Gasteiger partial charge >= 0.3 is 5.97 Å².